The summed E-state index contributed by atoms with van der Waals surface area (Å²) < 4.78 is 28.7. The fourth-order valence-corrected chi connectivity index (χ4v) is 4.71. The maximum atomic E-state index is 12.9. The highest BCUT2D eigenvalue weighted by Gasteiger charge is 2.78. The highest BCUT2D eigenvalue weighted by Crippen LogP contribution is 2.60. The summed E-state index contributed by atoms with van der Waals surface area (Å²) in [5.74, 6) is -0.649. The van der Waals surface area contributed by atoms with Crippen molar-refractivity contribution >= 4 is 11.9 Å². The lowest BCUT2D eigenvalue weighted by Gasteiger charge is -2.36. The van der Waals surface area contributed by atoms with Crippen LogP contribution in [0.4, 0.5) is 0 Å². The van der Waals surface area contributed by atoms with E-state index in [2.05, 4.69) is 0 Å². The maximum absolute atomic E-state index is 12.9. The minimum Gasteiger partial charge on any atom is -0.487 e. The van der Waals surface area contributed by atoms with E-state index < -0.39 is 35.9 Å². The Labute approximate surface area is 179 Å². The van der Waals surface area contributed by atoms with Crippen LogP contribution >= 0.6 is 0 Å². The SMILES string of the molecule is COC(=O)C1=C(C(=O)OC)C2(C(Cc3ccccc3)Oc3ccccc3)OC1C1OC12. The summed E-state index contributed by atoms with van der Waals surface area (Å²) in [6, 6.07) is 19.1. The number of carbonyl (C=O) groups excluding carboxylic acids is 2. The van der Waals surface area contributed by atoms with Crippen molar-refractivity contribution in [2.75, 3.05) is 14.2 Å². The molecule has 2 fully saturated rings. The molecule has 3 aliphatic rings. The Kier molecular flexibility index (Phi) is 4.79. The van der Waals surface area contributed by atoms with Crippen LogP contribution in [0, 0.1) is 0 Å². The summed E-state index contributed by atoms with van der Waals surface area (Å²) in [4.78, 5) is 25.6. The minimum absolute atomic E-state index is 0.127. The van der Waals surface area contributed by atoms with Gasteiger partial charge in [0.2, 0.25) is 0 Å². The number of esters is 2. The van der Waals surface area contributed by atoms with Crippen LogP contribution in [0.5, 0.6) is 5.75 Å². The first-order valence-corrected chi connectivity index (χ1v) is 10.1. The molecule has 2 aromatic carbocycles. The fraction of sp³-hybridized carbons (Fsp3) is 0.333. The van der Waals surface area contributed by atoms with Gasteiger partial charge in [0, 0.05) is 6.42 Å². The summed E-state index contributed by atoms with van der Waals surface area (Å²) in [7, 11) is 2.55. The Hall–Kier alpha value is -3.16. The van der Waals surface area contributed by atoms with Gasteiger partial charge in [-0.3, -0.25) is 0 Å². The zero-order valence-corrected chi connectivity index (χ0v) is 17.1. The molecule has 2 aromatic rings. The van der Waals surface area contributed by atoms with Gasteiger partial charge in [0.05, 0.1) is 25.4 Å². The van der Waals surface area contributed by atoms with Gasteiger partial charge in [0.15, 0.2) is 5.60 Å². The molecule has 31 heavy (non-hydrogen) atoms. The monoisotopic (exact) mass is 422 g/mol. The molecule has 7 nitrogen and oxygen atoms in total. The Balaban J connectivity index is 1.63. The van der Waals surface area contributed by atoms with E-state index in [4.69, 9.17) is 23.7 Å². The van der Waals surface area contributed by atoms with Crippen molar-refractivity contribution < 1.29 is 33.3 Å². The predicted molar refractivity (Wildman–Crippen MR) is 108 cm³/mol. The third-order valence-electron chi connectivity index (χ3n) is 6.07. The van der Waals surface area contributed by atoms with E-state index in [1.807, 2.05) is 60.7 Å². The molecule has 0 N–H and O–H groups in total. The van der Waals surface area contributed by atoms with E-state index in [9.17, 15) is 9.59 Å². The van der Waals surface area contributed by atoms with Gasteiger partial charge in [-0.1, -0.05) is 48.5 Å². The van der Waals surface area contributed by atoms with Crippen molar-refractivity contribution in [2.45, 2.75) is 36.4 Å². The predicted octanol–water partition coefficient (Wildman–Crippen LogP) is 2.24. The lowest BCUT2D eigenvalue weighted by molar-refractivity contribution is -0.144. The molecular weight excluding hydrogens is 400 g/mol. The Morgan fingerprint density at radius 3 is 2.26 bits per heavy atom. The van der Waals surface area contributed by atoms with Crippen LogP contribution in [0.15, 0.2) is 71.8 Å². The summed E-state index contributed by atoms with van der Waals surface area (Å²) in [6.07, 6.45) is -1.63. The number of epoxide rings is 1. The average Bonchev–Trinajstić information content (AvgIpc) is 3.47. The first-order valence-electron chi connectivity index (χ1n) is 10.1. The van der Waals surface area contributed by atoms with Crippen LogP contribution in [-0.2, 0) is 35.0 Å². The topological polar surface area (TPSA) is 83.6 Å². The first-order chi connectivity index (χ1) is 15.1. The molecule has 2 saturated heterocycles. The van der Waals surface area contributed by atoms with Crippen LogP contribution < -0.4 is 4.74 Å². The number of fused-ring (bicyclic) bond motifs is 5. The summed E-state index contributed by atoms with van der Waals surface area (Å²) in [5.41, 5.74) is 0.000499. The first kappa shape index (κ1) is 19.8. The van der Waals surface area contributed by atoms with Crippen molar-refractivity contribution in [3.63, 3.8) is 0 Å². The van der Waals surface area contributed by atoms with Crippen molar-refractivity contribution in [3.05, 3.63) is 77.4 Å². The number of carbonyl (C=O) groups is 2. The highest BCUT2D eigenvalue weighted by atomic mass is 16.7. The van der Waals surface area contributed by atoms with Gasteiger partial charge in [0.1, 0.15) is 30.2 Å². The number of ether oxygens (including phenoxy) is 5. The van der Waals surface area contributed by atoms with Crippen LogP contribution in [-0.4, -0.2) is 56.2 Å². The Morgan fingerprint density at radius 2 is 1.61 bits per heavy atom. The quantitative estimate of drug-likeness (QED) is 0.500. The molecule has 160 valence electrons. The van der Waals surface area contributed by atoms with Crippen molar-refractivity contribution in [1.29, 1.82) is 0 Å². The number of methoxy groups -OCH3 is 2. The van der Waals surface area contributed by atoms with Crippen molar-refractivity contribution in [2.24, 2.45) is 0 Å². The molecule has 7 heteroatoms. The second-order valence-corrected chi connectivity index (χ2v) is 7.73. The molecule has 2 bridgehead atoms. The normalized spacial score (nSPS) is 28.6. The van der Waals surface area contributed by atoms with Gasteiger partial charge in [-0.15, -0.1) is 0 Å². The van der Waals surface area contributed by atoms with Gasteiger partial charge in [-0.2, -0.15) is 0 Å². The van der Waals surface area contributed by atoms with E-state index in [1.165, 1.54) is 14.2 Å². The largest absolute Gasteiger partial charge is 0.487 e. The molecule has 5 atom stereocenters. The van der Waals surface area contributed by atoms with E-state index in [0.29, 0.717) is 12.2 Å². The smallest absolute Gasteiger partial charge is 0.337 e. The zero-order chi connectivity index (χ0) is 21.6. The third-order valence-corrected chi connectivity index (χ3v) is 6.07. The number of hydrogen-bond acceptors (Lipinski definition) is 7. The molecule has 0 radical (unpaired) electrons. The molecular formula is C24H22O7. The van der Waals surface area contributed by atoms with Crippen LogP contribution in [0.3, 0.4) is 0 Å². The molecule has 0 aromatic heterocycles. The van der Waals surface area contributed by atoms with Gasteiger partial charge < -0.3 is 23.7 Å². The molecule has 0 amide bonds. The van der Waals surface area contributed by atoms with E-state index >= 15 is 0 Å². The van der Waals surface area contributed by atoms with Crippen LogP contribution in [0.25, 0.3) is 0 Å². The summed E-state index contributed by atoms with van der Waals surface area (Å²) in [6.45, 7) is 0. The second-order valence-electron chi connectivity index (χ2n) is 7.73. The highest BCUT2D eigenvalue weighted by molar-refractivity contribution is 6.05. The average molecular weight is 422 g/mol. The molecule has 0 spiro atoms. The Bertz CT molecular complexity index is 991. The molecule has 3 heterocycles. The molecule has 5 rings (SSSR count). The van der Waals surface area contributed by atoms with Crippen LogP contribution in [0.2, 0.25) is 0 Å². The van der Waals surface area contributed by atoms with Crippen LogP contribution in [0.1, 0.15) is 5.56 Å². The Morgan fingerprint density at radius 1 is 0.968 bits per heavy atom. The summed E-state index contributed by atoms with van der Waals surface area (Å²) >= 11 is 0. The lowest BCUT2D eigenvalue weighted by atomic mass is 9.76. The van der Waals surface area contributed by atoms with Gasteiger partial charge in [-0.25, -0.2) is 9.59 Å². The van der Waals surface area contributed by atoms with Gasteiger partial charge in [-0.05, 0) is 17.7 Å². The molecule has 5 unspecified atom stereocenters. The van der Waals surface area contributed by atoms with Crippen molar-refractivity contribution in [3.8, 4) is 5.75 Å². The standard InChI is InChI=1S/C24H22O7/c1-27-22(25)17-18(23(26)28-2)24(21-20(30-21)19(17)31-24)16(13-14-9-5-3-6-10-14)29-15-11-7-4-8-12-15/h3-12,16,19-21H,13H2,1-2H3. The minimum atomic E-state index is -1.28. The number of rotatable bonds is 7. The number of para-hydroxylation sites is 1. The third kappa shape index (κ3) is 3.04. The van der Waals surface area contributed by atoms with Gasteiger partial charge >= 0.3 is 11.9 Å². The van der Waals surface area contributed by atoms with E-state index in [1.54, 1.807) is 0 Å². The number of benzene rings is 2. The molecule has 3 aliphatic heterocycles. The summed E-state index contributed by atoms with van der Waals surface area (Å²) in [5, 5.41) is 0. The number of hydrogen-bond donors (Lipinski definition) is 0. The maximum Gasteiger partial charge on any atom is 0.337 e. The lowest BCUT2D eigenvalue weighted by Crippen LogP contribution is -2.54. The van der Waals surface area contributed by atoms with Crippen molar-refractivity contribution in [1.82, 2.24) is 0 Å². The fourth-order valence-electron chi connectivity index (χ4n) is 4.71. The molecule has 0 aliphatic carbocycles. The zero-order valence-electron chi connectivity index (χ0n) is 17.1. The second kappa shape index (κ2) is 7.51. The van der Waals surface area contributed by atoms with Gasteiger partial charge in [0.25, 0.3) is 0 Å². The van der Waals surface area contributed by atoms with E-state index in [0.717, 1.165) is 5.56 Å². The van der Waals surface area contributed by atoms with E-state index in [-0.39, 0.29) is 17.3 Å². The molecule has 0 saturated carbocycles.